The van der Waals surface area contributed by atoms with Crippen molar-refractivity contribution in [1.82, 2.24) is 5.32 Å². The van der Waals surface area contributed by atoms with Crippen molar-refractivity contribution in [2.24, 2.45) is 0 Å². The molecule has 0 spiro atoms. The van der Waals surface area contributed by atoms with Gasteiger partial charge in [-0.25, -0.2) is 0 Å². The third kappa shape index (κ3) is 4.38. The average molecular weight is 317 g/mol. The number of amides is 1. The van der Waals surface area contributed by atoms with Gasteiger partial charge in [0.1, 0.15) is 0 Å². The van der Waals surface area contributed by atoms with Crippen molar-refractivity contribution in [1.29, 1.82) is 0 Å². The number of rotatable bonds is 6. The minimum atomic E-state index is 0.0858. The number of carbonyl (C=O) groups excluding carboxylic acids is 1. The number of benzene rings is 1. The first-order valence-electron chi connectivity index (χ1n) is 8.74. The summed E-state index contributed by atoms with van der Waals surface area (Å²) in [6.07, 6.45) is 6.06. The zero-order chi connectivity index (χ0) is 16.1. The molecule has 2 saturated heterocycles. The van der Waals surface area contributed by atoms with E-state index in [2.05, 4.69) is 22.3 Å². The summed E-state index contributed by atoms with van der Waals surface area (Å²) in [6.45, 7) is 3.64. The van der Waals surface area contributed by atoms with Gasteiger partial charge in [-0.15, -0.1) is 0 Å². The predicted octanol–water partition coefficient (Wildman–Crippen LogP) is 2.10. The van der Waals surface area contributed by atoms with Crippen LogP contribution in [0.4, 0.5) is 11.4 Å². The Kier molecular flexibility index (Phi) is 5.39. The molecule has 23 heavy (non-hydrogen) atoms. The summed E-state index contributed by atoms with van der Waals surface area (Å²) in [7, 11) is 0. The molecule has 5 nitrogen and oxygen atoms in total. The molecule has 1 aromatic carbocycles. The second-order valence-corrected chi connectivity index (χ2v) is 6.53. The Morgan fingerprint density at radius 3 is 2.83 bits per heavy atom. The van der Waals surface area contributed by atoms with E-state index in [0.29, 0.717) is 13.0 Å². The number of nitrogens with zero attached hydrogens (tertiary/aromatic N) is 1. The highest BCUT2D eigenvalue weighted by atomic mass is 16.5. The second kappa shape index (κ2) is 7.68. The highest BCUT2D eigenvalue weighted by molar-refractivity contribution is 5.76. The second-order valence-electron chi connectivity index (χ2n) is 6.53. The molecule has 1 unspecified atom stereocenters. The van der Waals surface area contributed by atoms with Crippen molar-refractivity contribution in [2.75, 3.05) is 36.9 Å². The van der Waals surface area contributed by atoms with E-state index in [1.807, 2.05) is 6.07 Å². The van der Waals surface area contributed by atoms with Crippen LogP contribution in [0.15, 0.2) is 18.2 Å². The fourth-order valence-electron chi connectivity index (χ4n) is 3.38. The third-order valence-electron chi connectivity index (χ3n) is 4.73. The molecule has 0 aromatic heterocycles. The van der Waals surface area contributed by atoms with Crippen molar-refractivity contribution in [3.63, 3.8) is 0 Å². The van der Waals surface area contributed by atoms with Crippen LogP contribution in [0, 0.1) is 0 Å². The van der Waals surface area contributed by atoms with Crippen LogP contribution in [0.3, 0.4) is 0 Å². The van der Waals surface area contributed by atoms with Gasteiger partial charge in [0.25, 0.3) is 0 Å². The highest BCUT2D eigenvalue weighted by Gasteiger charge is 2.17. The number of nitrogens with two attached hydrogens (primary N) is 1. The molecule has 2 heterocycles. The SMILES string of the molecule is Nc1cc(CCC(=O)NCC2CCCO2)ccc1N1CCCC1. The van der Waals surface area contributed by atoms with Crippen LogP contribution in [-0.2, 0) is 16.0 Å². The van der Waals surface area contributed by atoms with Gasteiger partial charge in [0.15, 0.2) is 0 Å². The monoisotopic (exact) mass is 317 g/mol. The predicted molar refractivity (Wildman–Crippen MR) is 92.6 cm³/mol. The van der Waals surface area contributed by atoms with Crippen molar-refractivity contribution in [3.8, 4) is 0 Å². The van der Waals surface area contributed by atoms with Gasteiger partial charge < -0.3 is 20.7 Å². The van der Waals surface area contributed by atoms with Crippen LogP contribution >= 0.6 is 0 Å². The van der Waals surface area contributed by atoms with E-state index in [1.165, 1.54) is 12.8 Å². The normalized spacial score (nSPS) is 20.9. The molecular weight excluding hydrogens is 290 g/mol. The summed E-state index contributed by atoms with van der Waals surface area (Å²) in [6, 6.07) is 6.21. The number of hydrogen-bond acceptors (Lipinski definition) is 4. The molecular formula is C18H27N3O2. The van der Waals surface area contributed by atoms with Gasteiger partial charge in [0, 0.05) is 32.7 Å². The van der Waals surface area contributed by atoms with E-state index in [-0.39, 0.29) is 12.0 Å². The van der Waals surface area contributed by atoms with Crippen LogP contribution in [0.1, 0.15) is 37.7 Å². The quantitative estimate of drug-likeness (QED) is 0.789. The molecule has 0 radical (unpaired) electrons. The van der Waals surface area contributed by atoms with E-state index in [4.69, 9.17) is 10.5 Å². The van der Waals surface area contributed by atoms with Crippen molar-refractivity contribution < 1.29 is 9.53 Å². The van der Waals surface area contributed by atoms with Gasteiger partial charge in [-0.3, -0.25) is 4.79 Å². The molecule has 126 valence electrons. The van der Waals surface area contributed by atoms with Crippen molar-refractivity contribution >= 4 is 17.3 Å². The third-order valence-corrected chi connectivity index (χ3v) is 4.73. The van der Waals surface area contributed by atoms with Gasteiger partial charge in [0.2, 0.25) is 5.91 Å². The Hall–Kier alpha value is -1.75. The van der Waals surface area contributed by atoms with E-state index >= 15 is 0 Å². The highest BCUT2D eigenvalue weighted by Crippen LogP contribution is 2.27. The Morgan fingerprint density at radius 2 is 2.13 bits per heavy atom. The maximum Gasteiger partial charge on any atom is 0.220 e. The maximum absolute atomic E-state index is 11.9. The molecule has 3 N–H and O–H groups in total. The Bertz CT molecular complexity index is 535. The molecule has 0 bridgehead atoms. The summed E-state index contributed by atoms with van der Waals surface area (Å²) < 4.78 is 5.51. The lowest BCUT2D eigenvalue weighted by Gasteiger charge is -2.20. The number of nitrogen functional groups attached to an aromatic ring is 1. The standard InChI is InChI=1S/C18H27N3O2/c19-16-12-14(5-7-17(16)21-9-1-2-10-21)6-8-18(22)20-13-15-4-3-11-23-15/h5,7,12,15H,1-4,6,8-11,13,19H2,(H,20,22). The molecule has 0 saturated carbocycles. The topological polar surface area (TPSA) is 67.6 Å². The van der Waals surface area contributed by atoms with Crippen molar-refractivity contribution in [2.45, 2.75) is 44.6 Å². The lowest BCUT2D eigenvalue weighted by atomic mass is 10.1. The minimum Gasteiger partial charge on any atom is -0.397 e. The summed E-state index contributed by atoms with van der Waals surface area (Å²) in [5.41, 5.74) is 9.27. The first-order chi connectivity index (χ1) is 11.2. The van der Waals surface area contributed by atoms with E-state index in [1.54, 1.807) is 0 Å². The van der Waals surface area contributed by atoms with Crippen LogP contribution in [-0.4, -0.2) is 38.3 Å². The summed E-state index contributed by atoms with van der Waals surface area (Å²) in [5.74, 6) is 0.0858. The average Bonchev–Trinajstić information content (AvgIpc) is 3.24. The summed E-state index contributed by atoms with van der Waals surface area (Å²) in [5, 5.41) is 2.96. The fourth-order valence-corrected chi connectivity index (χ4v) is 3.38. The van der Waals surface area contributed by atoms with Crippen LogP contribution in [0.25, 0.3) is 0 Å². The minimum absolute atomic E-state index is 0.0858. The summed E-state index contributed by atoms with van der Waals surface area (Å²) in [4.78, 5) is 14.3. The number of nitrogens with one attached hydrogen (secondary N) is 1. The first kappa shape index (κ1) is 16.1. The summed E-state index contributed by atoms with van der Waals surface area (Å²) >= 11 is 0. The first-order valence-corrected chi connectivity index (χ1v) is 8.74. The molecule has 2 aliphatic rings. The van der Waals surface area contributed by atoms with Crippen LogP contribution in [0.5, 0.6) is 0 Å². The number of carbonyl (C=O) groups is 1. The Morgan fingerprint density at radius 1 is 1.30 bits per heavy atom. The van der Waals surface area contributed by atoms with Gasteiger partial charge in [-0.05, 0) is 49.8 Å². The molecule has 1 aromatic rings. The zero-order valence-electron chi connectivity index (χ0n) is 13.7. The number of aryl methyl sites for hydroxylation is 1. The van der Waals surface area contributed by atoms with Gasteiger partial charge in [-0.2, -0.15) is 0 Å². The molecule has 2 aliphatic heterocycles. The molecule has 0 aliphatic carbocycles. The van der Waals surface area contributed by atoms with Crippen molar-refractivity contribution in [3.05, 3.63) is 23.8 Å². The van der Waals surface area contributed by atoms with Gasteiger partial charge >= 0.3 is 0 Å². The molecule has 3 rings (SSSR count). The van der Waals surface area contributed by atoms with E-state index < -0.39 is 0 Å². The molecule has 2 fully saturated rings. The van der Waals surface area contributed by atoms with Gasteiger partial charge in [0.05, 0.1) is 17.5 Å². The molecule has 1 atom stereocenters. The number of ether oxygens (including phenoxy) is 1. The lowest BCUT2D eigenvalue weighted by molar-refractivity contribution is -0.121. The number of anilines is 2. The van der Waals surface area contributed by atoms with E-state index in [9.17, 15) is 4.79 Å². The number of hydrogen-bond donors (Lipinski definition) is 2. The van der Waals surface area contributed by atoms with E-state index in [0.717, 1.165) is 55.9 Å². The Labute approximate surface area is 138 Å². The maximum atomic E-state index is 11.9. The fraction of sp³-hybridized carbons (Fsp3) is 0.611. The van der Waals surface area contributed by atoms with Crippen LogP contribution < -0.4 is 16.0 Å². The molecule has 5 heteroatoms. The largest absolute Gasteiger partial charge is 0.397 e. The lowest BCUT2D eigenvalue weighted by Crippen LogP contribution is -2.31. The molecule has 1 amide bonds. The van der Waals surface area contributed by atoms with Crippen LogP contribution in [0.2, 0.25) is 0 Å². The zero-order valence-corrected chi connectivity index (χ0v) is 13.7. The van der Waals surface area contributed by atoms with Gasteiger partial charge in [-0.1, -0.05) is 6.07 Å². The smallest absolute Gasteiger partial charge is 0.220 e. The Balaban J connectivity index is 1.45.